The first-order chi connectivity index (χ1) is 13.9. The lowest BCUT2D eigenvalue weighted by molar-refractivity contribution is -0.122. The Morgan fingerprint density at radius 3 is 2.34 bits per heavy atom. The van der Waals surface area contributed by atoms with E-state index in [0.717, 1.165) is 11.1 Å². The number of benzene rings is 2. The molecule has 1 amide bonds. The number of hydrogen-bond acceptors (Lipinski definition) is 7. The van der Waals surface area contributed by atoms with Gasteiger partial charge in [-0.1, -0.05) is 6.07 Å². The molecule has 0 unspecified atom stereocenters. The Balaban J connectivity index is 1.76. The van der Waals surface area contributed by atoms with E-state index in [1.54, 1.807) is 32.2 Å². The number of amides is 1. The van der Waals surface area contributed by atoms with Gasteiger partial charge in [-0.25, -0.2) is 4.63 Å². The summed E-state index contributed by atoms with van der Waals surface area (Å²) in [5.74, 6) is 1.55. The number of anilines is 1. The lowest BCUT2D eigenvalue weighted by Crippen LogP contribution is -2.30. The molecule has 0 fully saturated rings. The first-order valence-electron chi connectivity index (χ1n) is 9.02. The van der Waals surface area contributed by atoms with Gasteiger partial charge in [0.2, 0.25) is 5.82 Å². The maximum Gasteiger partial charge on any atom is 0.266 e. The third-order valence-corrected chi connectivity index (χ3v) is 4.26. The zero-order chi connectivity index (χ0) is 21.0. The van der Waals surface area contributed by atoms with Crippen LogP contribution >= 0.6 is 0 Å². The minimum Gasteiger partial charge on any atom is -0.493 e. The molecule has 8 nitrogen and oxygen atoms in total. The lowest BCUT2D eigenvalue weighted by Gasteiger charge is -2.15. The van der Waals surface area contributed by atoms with E-state index in [-0.39, 0.29) is 11.7 Å². The maximum atomic E-state index is 12.6. The molecule has 0 aliphatic heterocycles. The van der Waals surface area contributed by atoms with Crippen molar-refractivity contribution in [1.29, 1.82) is 0 Å². The normalized spacial score (nSPS) is 11.6. The number of nitrogens with one attached hydrogen (secondary N) is 1. The fourth-order valence-corrected chi connectivity index (χ4v) is 2.92. The van der Waals surface area contributed by atoms with Gasteiger partial charge in [0.25, 0.3) is 5.91 Å². The molecule has 0 saturated carbocycles. The van der Waals surface area contributed by atoms with E-state index in [0.29, 0.717) is 28.5 Å². The predicted molar refractivity (Wildman–Crippen MR) is 107 cm³/mol. The Hall–Kier alpha value is -3.55. The van der Waals surface area contributed by atoms with Crippen LogP contribution in [0.2, 0.25) is 0 Å². The van der Waals surface area contributed by atoms with E-state index in [1.807, 2.05) is 32.0 Å². The number of aromatic nitrogens is 2. The van der Waals surface area contributed by atoms with Crippen LogP contribution in [0.3, 0.4) is 0 Å². The second-order valence-corrected chi connectivity index (χ2v) is 6.60. The summed E-state index contributed by atoms with van der Waals surface area (Å²) in [7, 11) is 3.09. The molecule has 3 aromatic rings. The third kappa shape index (κ3) is 4.66. The Bertz CT molecular complexity index is 995. The van der Waals surface area contributed by atoms with Crippen molar-refractivity contribution in [3.63, 3.8) is 0 Å². The highest BCUT2D eigenvalue weighted by Crippen LogP contribution is 2.33. The van der Waals surface area contributed by atoms with E-state index in [2.05, 4.69) is 15.6 Å². The molecule has 1 heterocycles. The van der Waals surface area contributed by atoms with Crippen molar-refractivity contribution in [2.75, 3.05) is 19.5 Å². The molecule has 3 rings (SSSR count). The van der Waals surface area contributed by atoms with E-state index >= 15 is 0 Å². The summed E-state index contributed by atoms with van der Waals surface area (Å²) in [6.45, 7) is 5.61. The molecule has 0 spiro atoms. The third-order valence-electron chi connectivity index (χ3n) is 4.26. The zero-order valence-corrected chi connectivity index (χ0v) is 17.0. The molecule has 0 bridgehead atoms. The minimum absolute atomic E-state index is 0.193. The van der Waals surface area contributed by atoms with Crippen molar-refractivity contribution < 1.29 is 23.6 Å². The standard InChI is InChI=1S/C21H23N3O5/c1-12-8-13(2)10-16(9-12)28-14(3)21(25)22-20-19(23-29-24-20)15-6-7-17(26-4)18(11-15)27-5/h6-11,14H,1-5H3,(H,22,24,25)/t14-/m1/s1. The minimum atomic E-state index is -0.744. The molecule has 1 atom stereocenters. The van der Waals surface area contributed by atoms with Crippen molar-refractivity contribution in [2.45, 2.75) is 26.9 Å². The van der Waals surface area contributed by atoms with Gasteiger partial charge in [0, 0.05) is 5.56 Å². The number of carbonyl (C=O) groups excluding carboxylic acids is 1. The second kappa shape index (κ2) is 8.64. The predicted octanol–water partition coefficient (Wildman–Crippen LogP) is 3.78. The molecule has 152 valence electrons. The summed E-state index contributed by atoms with van der Waals surface area (Å²) in [5, 5.41) is 10.4. The van der Waals surface area contributed by atoms with Crippen LogP contribution in [0.4, 0.5) is 5.82 Å². The molecule has 2 aromatic carbocycles. The number of methoxy groups -OCH3 is 2. The van der Waals surface area contributed by atoms with Crippen LogP contribution < -0.4 is 19.5 Å². The van der Waals surface area contributed by atoms with Gasteiger partial charge < -0.3 is 19.5 Å². The monoisotopic (exact) mass is 397 g/mol. The summed E-state index contributed by atoms with van der Waals surface area (Å²) in [6.07, 6.45) is -0.744. The van der Waals surface area contributed by atoms with Gasteiger partial charge in [0.05, 0.1) is 14.2 Å². The van der Waals surface area contributed by atoms with Crippen LogP contribution in [0.15, 0.2) is 41.0 Å². The van der Waals surface area contributed by atoms with E-state index < -0.39 is 6.10 Å². The van der Waals surface area contributed by atoms with Crippen molar-refractivity contribution in [3.05, 3.63) is 47.5 Å². The summed E-state index contributed by atoms with van der Waals surface area (Å²) >= 11 is 0. The average Bonchev–Trinajstić information content (AvgIpc) is 3.14. The number of aryl methyl sites for hydroxylation is 2. The number of rotatable bonds is 7. The van der Waals surface area contributed by atoms with Crippen LogP contribution in [0.5, 0.6) is 17.2 Å². The zero-order valence-electron chi connectivity index (χ0n) is 17.0. The second-order valence-electron chi connectivity index (χ2n) is 6.60. The Kier molecular flexibility index (Phi) is 6.01. The topological polar surface area (TPSA) is 95.7 Å². The summed E-state index contributed by atoms with van der Waals surface area (Å²) in [5.41, 5.74) is 3.15. The highest BCUT2D eigenvalue weighted by molar-refractivity contribution is 5.96. The summed E-state index contributed by atoms with van der Waals surface area (Å²) < 4.78 is 21.2. The molecule has 29 heavy (non-hydrogen) atoms. The average molecular weight is 397 g/mol. The molecule has 1 aromatic heterocycles. The van der Waals surface area contributed by atoms with Crippen molar-refractivity contribution >= 4 is 11.7 Å². The van der Waals surface area contributed by atoms with Gasteiger partial charge in [-0.05, 0) is 72.5 Å². The van der Waals surface area contributed by atoms with Crippen molar-refractivity contribution in [3.8, 4) is 28.5 Å². The van der Waals surface area contributed by atoms with Crippen LogP contribution in [-0.4, -0.2) is 36.5 Å². The van der Waals surface area contributed by atoms with Crippen LogP contribution in [-0.2, 0) is 4.79 Å². The molecule has 0 aliphatic rings. The molecular formula is C21H23N3O5. The Morgan fingerprint density at radius 1 is 1.00 bits per heavy atom. The molecular weight excluding hydrogens is 374 g/mol. The fourth-order valence-electron chi connectivity index (χ4n) is 2.92. The maximum absolute atomic E-state index is 12.6. The largest absolute Gasteiger partial charge is 0.493 e. The summed E-state index contributed by atoms with van der Waals surface area (Å²) in [4.78, 5) is 12.6. The Morgan fingerprint density at radius 2 is 1.69 bits per heavy atom. The van der Waals surface area contributed by atoms with Gasteiger partial charge in [0.15, 0.2) is 23.3 Å². The Labute approximate surface area is 168 Å². The molecule has 0 saturated heterocycles. The van der Waals surface area contributed by atoms with Crippen LogP contribution in [0.1, 0.15) is 18.1 Å². The molecule has 0 radical (unpaired) electrons. The number of ether oxygens (including phenoxy) is 3. The van der Waals surface area contributed by atoms with Crippen LogP contribution in [0.25, 0.3) is 11.3 Å². The lowest BCUT2D eigenvalue weighted by atomic mass is 10.1. The number of carbonyl (C=O) groups is 1. The van der Waals surface area contributed by atoms with E-state index in [9.17, 15) is 4.79 Å². The van der Waals surface area contributed by atoms with Gasteiger partial charge in [-0.3, -0.25) is 4.79 Å². The first-order valence-corrected chi connectivity index (χ1v) is 9.02. The molecule has 0 aliphatic carbocycles. The van der Waals surface area contributed by atoms with Crippen molar-refractivity contribution in [1.82, 2.24) is 10.3 Å². The van der Waals surface area contributed by atoms with Crippen LogP contribution in [0, 0.1) is 13.8 Å². The first kappa shape index (κ1) is 20.2. The smallest absolute Gasteiger partial charge is 0.266 e. The number of hydrogen-bond donors (Lipinski definition) is 1. The van der Waals surface area contributed by atoms with Gasteiger partial charge in [-0.15, -0.1) is 0 Å². The van der Waals surface area contributed by atoms with Gasteiger partial charge in [0.1, 0.15) is 5.75 Å². The highest BCUT2D eigenvalue weighted by atomic mass is 16.6. The van der Waals surface area contributed by atoms with E-state index in [4.69, 9.17) is 18.8 Å². The number of nitrogens with zero attached hydrogens (tertiary/aromatic N) is 2. The van der Waals surface area contributed by atoms with E-state index in [1.165, 1.54) is 7.11 Å². The molecule has 1 N–H and O–H groups in total. The van der Waals surface area contributed by atoms with Crippen molar-refractivity contribution in [2.24, 2.45) is 0 Å². The highest BCUT2D eigenvalue weighted by Gasteiger charge is 2.21. The SMILES string of the molecule is COc1ccc(-c2nonc2NC(=O)[C@@H](C)Oc2cc(C)cc(C)c2)cc1OC. The summed E-state index contributed by atoms with van der Waals surface area (Å²) in [6, 6.07) is 11.0. The van der Waals surface area contributed by atoms with Gasteiger partial charge in [-0.2, -0.15) is 0 Å². The van der Waals surface area contributed by atoms with Gasteiger partial charge >= 0.3 is 0 Å². The molecule has 8 heteroatoms. The fraction of sp³-hybridized carbons (Fsp3) is 0.286. The quantitative estimate of drug-likeness (QED) is 0.648.